The molecule has 3 nitrogen and oxygen atoms in total. The fourth-order valence-electron chi connectivity index (χ4n) is 8.01. The third-order valence-corrected chi connectivity index (χ3v) is 11.4. The number of benzene rings is 9. The van der Waals surface area contributed by atoms with Gasteiger partial charge >= 0.3 is 0 Å². The van der Waals surface area contributed by atoms with Crippen LogP contribution >= 0.6 is 11.3 Å². The zero-order valence-corrected chi connectivity index (χ0v) is 28.2. The van der Waals surface area contributed by atoms with Crippen LogP contribution in [0.3, 0.4) is 0 Å². The van der Waals surface area contributed by atoms with Crippen LogP contribution in [0.4, 0.5) is 0 Å². The molecule has 0 unspecified atom stereocenters. The summed E-state index contributed by atoms with van der Waals surface area (Å²) in [7, 11) is 0. The van der Waals surface area contributed by atoms with Crippen molar-refractivity contribution < 1.29 is 0 Å². The lowest BCUT2D eigenvalue weighted by molar-refractivity contribution is 1.08. The van der Waals surface area contributed by atoms with E-state index in [1.54, 1.807) is 0 Å². The zero-order chi connectivity index (χ0) is 33.5. The van der Waals surface area contributed by atoms with Gasteiger partial charge in [-0.25, -0.2) is 15.0 Å². The summed E-state index contributed by atoms with van der Waals surface area (Å²) in [6.07, 6.45) is 0. The number of rotatable bonds is 4. The van der Waals surface area contributed by atoms with Crippen molar-refractivity contribution >= 4 is 74.6 Å². The third-order valence-electron chi connectivity index (χ3n) is 10.3. The number of thiophene rings is 1. The van der Waals surface area contributed by atoms with Gasteiger partial charge in [-0.3, -0.25) is 0 Å². The Morgan fingerprint density at radius 2 is 0.902 bits per heavy atom. The molecule has 236 valence electrons. The molecule has 0 saturated carbocycles. The van der Waals surface area contributed by atoms with Gasteiger partial charge in [0.25, 0.3) is 0 Å². The van der Waals surface area contributed by atoms with Crippen LogP contribution in [0.2, 0.25) is 0 Å². The van der Waals surface area contributed by atoms with E-state index >= 15 is 0 Å². The molecule has 51 heavy (non-hydrogen) atoms. The highest BCUT2D eigenvalue weighted by Crippen LogP contribution is 2.45. The first-order chi connectivity index (χ1) is 25.3. The van der Waals surface area contributed by atoms with Crippen LogP contribution in [0.25, 0.3) is 109 Å². The van der Waals surface area contributed by atoms with Crippen LogP contribution in [0.5, 0.6) is 0 Å². The molecule has 0 aliphatic heterocycles. The molecule has 0 saturated heterocycles. The Morgan fingerprint density at radius 1 is 0.314 bits per heavy atom. The van der Waals surface area contributed by atoms with Crippen molar-refractivity contribution in [2.24, 2.45) is 0 Å². The molecule has 11 aromatic rings. The van der Waals surface area contributed by atoms with Crippen LogP contribution in [-0.4, -0.2) is 15.0 Å². The maximum absolute atomic E-state index is 5.11. The van der Waals surface area contributed by atoms with Crippen LogP contribution in [0, 0.1) is 0 Å². The molecular weight excluding hydrogens is 639 g/mol. The molecular formula is C47H27N3S. The van der Waals surface area contributed by atoms with Crippen molar-refractivity contribution in [1.29, 1.82) is 0 Å². The minimum absolute atomic E-state index is 0.665. The van der Waals surface area contributed by atoms with E-state index in [2.05, 4.69) is 127 Å². The molecule has 0 N–H and O–H groups in total. The maximum Gasteiger partial charge on any atom is 0.164 e. The summed E-state index contributed by atoms with van der Waals surface area (Å²) in [4.78, 5) is 15.2. The van der Waals surface area contributed by atoms with Crippen molar-refractivity contribution in [3.05, 3.63) is 164 Å². The molecule has 0 bridgehead atoms. The van der Waals surface area contributed by atoms with Gasteiger partial charge in [-0.1, -0.05) is 146 Å². The van der Waals surface area contributed by atoms with Gasteiger partial charge in [-0.05, 0) is 72.4 Å². The number of aromatic nitrogens is 3. The minimum atomic E-state index is 0.665. The van der Waals surface area contributed by atoms with Gasteiger partial charge < -0.3 is 0 Å². The smallest absolute Gasteiger partial charge is 0.164 e. The van der Waals surface area contributed by atoms with Crippen molar-refractivity contribution in [1.82, 2.24) is 15.0 Å². The fraction of sp³-hybridized carbons (Fsp3) is 0. The molecule has 0 aliphatic carbocycles. The lowest BCUT2D eigenvalue weighted by atomic mass is 9.87. The Bertz CT molecular complexity index is 3020. The maximum atomic E-state index is 5.11. The summed E-state index contributed by atoms with van der Waals surface area (Å²) >= 11 is 1.82. The van der Waals surface area contributed by atoms with Crippen molar-refractivity contribution in [3.8, 4) is 45.3 Å². The summed E-state index contributed by atoms with van der Waals surface area (Å²) < 4.78 is 2.45. The first-order valence-electron chi connectivity index (χ1n) is 17.2. The number of hydrogen-bond acceptors (Lipinski definition) is 4. The highest BCUT2D eigenvalue weighted by atomic mass is 32.1. The van der Waals surface area contributed by atoms with Crippen LogP contribution in [0.1, 0.15) is 0 Å². The van der Waals surface area contributed by atoms with Gasteiger partial charge in [0.05, 0.1) is 0 Å². The molecule has 0 fully saturated rings. The standard InChI is InChI=1S/C47H27N3S/c1-3-11-29(12-4-1)45-48-46(30-13-5-2-6-14-30)50-47(49-45)38-21-10-22-41-44(38)39-27-31(23-26-40(39)51-41)32-24-25-37-35-18-8-16-28-15-7-17-34(42(28)35)36-20-9-19-33(32)43(36)37/h1-27H. The largest absolute Gasteiger partial charge is 0.208 e. The minimum Gasteiger partial charge on any atom is -0.208 e. The lowest BCUT2D eigenvalue weighted by Crippen LogP contribution is -2.00. The topological polar surface area (TPSA) is 38.7 Å². The normalized spacial score (nSPS) is 11.9. The summed E-state index contributed by atoms with van der Waals surface area (Å²) in [6.45, 7) is 0. The number of nitrogens with zero attached hydrogens (tertiary/aromatic N) is 3. The van der Waals surface area contributed by atoms with E-state index in [1.807, 2.05) is 47.7 Å². The quantitative estimate of drug-likeness (QED) is 0.139. The second-order valence-corrected chi connectivity index (χ2v) is 14.2. The Balaban J connectivity index is 1.15. The fourth-order valence-corrected chi connectivity index (χ4v) is 9.12. The second kappa shape index (κ2) is 11.0. The molecule has 0 amide bonds. The van der Waals surface area contributed by atoms with Gasteiger partial charge in [-0.2, -0.15) is 0 Å². The molecule has 9 aromatic carbocycles. The van der Waals surface area contributed by atoms with E-state index in [4.69, 9.17) is 15.0 Å². The SMILES string of the molecule is c1ccc(-c2nc(-c3ccccc3)nc(-c3cccc4sc5ccc(-c6ccc7c8cccc9cccc(c%10cccc6c%107)c98)cc5c34)n2)cc1. The molecule has 0 radical (unpaired) electrons. The summed E-state index contributed by atoms with van der Waals surface area (Å²) in [5.41, 5.74) is 5.37. The zero-order valence-electron chi connectivity index (χ0n) is 27.3. The summed E-state index contributed by atoms with van der Waals surface area (Å²) in [5.74, 6) is 2.00. The molecule has 2 heterocycles. The van der Waals surface area contributed by atoms with Crippen molar-refractivity contribution in [2.75, 3.05) is 0 Å². The summed E-state index contributed by atoms with van der Waals surface area (Å²) in [6, 6.07) is 58.5. The Hall–Kier alpha value is -6.49. The first-order valence-corrected chi connectivity index (χ1v) is 18.0. The molecule has 0 spiro atoms. The highest BCUT2D eigenvalue weighted by molar-refractivity contribution is 7.26. The van der Waals surface area contributed by atoms with E-state index in [0.29, 0.717) is 17.5 Å². The van der Waals surface area contributed by atoms with Gasteiger partial charge in [-0.15, -0.1) is 11.3 Å². The number of hydrogen-bond donors (Lipinski definition) is 0. The molecule has 2 aromatic heterocycles. The van der Waals surface area contributed by atoms with E-state index in [-0.39, 0.29) is 0 Å². The van der Waals surface area contributed by atoms with Crippen molar-refractivity contribution in [2.45, 2.75) is 0 Å². The molecule has 4 heteroatoms. The lowest BCUT2D eigenvalue weighted by Gasteiger charge is -2.16. The average molecular weight is 666 g/mol. The van der Waals surface area contributed by atoms with E-state index < -0.39 is 0 Å². The number of fused-ring (bicyclic) bond motifs is 5. The van der Waals surface area contributed by atoms with Gasteiger partial charge in [0.2, 0.25) is 0 Å². The molecule has 11 rings (SSSR count). The Morgan fingerprint density at radius 3 is 1.61 bits per heavy atom. The first kappa shape index (κ1) is 28.4. The Labute approximate surface area is 297 Å². The van der Waals surface area contributed by atoms with Crippen LogP contribution in [0.15, 0.2) is 164 Å². The summed E-state index contributed by atoms with van der Waals surface area (Å²) in [5, 5.41) is 12.8. The average Bonchev–Trinajstić information content (AvgIpc) is 3.58. The predicted octanol–water partition coefficient (Wildman–Crippen LogP) is 13.0. The molecule has 0 atom stereocenters. The van der Waals surface area contributed by atoms with Crippen LogP contribution < -0.4 is 0 Å². The highest BCUT2D eigenvalue weighted by Gasteiger charge is 2.19. The third kappa shape index (κ3) is 4.33. The van der Waals surface area contributed by atoms with Crippen molar-refractivity contribution in [3.63, 3.8) is 0 Å². The van der Waals surface area contributed by atoms with Gasteiger partial charge in [0.1, 0.15) is 0 Å². The predicted molar refractivity (Wildman–Crippen MR) is 216 cm³/mol. The monoisotopic (exact) mass is 665 g/mol. The van der Waals surface area contributed by atoms with E-state index in [0.717, 1.165) is 16.7 Å². The van der Waals surface area contributed by atoms with Gasteiger partial charge in [0, 0.05) is 36.9 Å². The Kier molecular flexibility index (Phi) is 6.12. The van der Waals surface area contributed by atoms with E-state index in [9.17, 15) is 0 Å². The van der Waals surface area contributed by atoms with Crippen LogP contribution in [-0.2, 0) is 0 Å². The second-order valence-electron chi connectivity index (χ2n) is 13.1. The van der Waals surface area contributed by atoms with Gasteiger partial charge in [0.15, 0.2) is 17.5 Å². The molecule has 0 aliphatic rings. The van der Waals surface area contributed by atoms with E-state index in [1.165, 1.54) is 74.4 Å².